The maximum atomic E-state index is 14.7. The highest BCUT2D eigenvalue weighted by atomic mass is 35.6. The zero-order valence-corrected chi connectivity index (χ0v) is 37.1. The fraction of sp³-hybridized carbons (Fsp3) is 0.683. The number of ether oxygens (including phenoxy) is 4. The van der Waals surface area contributed by atoms with Crippen LogP contribution in [0.3, 0.4) is 0 Å². The van der Waals surface area contributed by atoms with Crippen molar-refractivity contribution in [3.63, 3.8) is 0 Å². The van der Waals surface area contributed by atoms with Crippen LogP contribution in [-0.4, -0.2) is 78.9 Å². The van der Waals surface area contributed by atoms with Crippen LogP contribution >= 0.6 is 54.2 Å². The van der Waals surface area contributed by atoms with Gasteiger partial charge < -0.3 is 38.4 Å². The summed E-state index contributed by atoms with van der Waals surface area (Å²) in [5.41, 5.74) is -1.26. The summed E-state index contributed by atoms with van der Waals surface area (Å²) >= 11 is 24.3. The van der Waals surface area contributed by atoms with E-state index in [1.807, 2.05) is 0 Å². The molecule has 16 heteroatoms. The number of halogens is 4. The Morgan fingerprint density at radius 2 is 1.39 bits per heavy atom. The van der Waals surface area contributed by atoms with Gasteiger partial charge in [-0.05, 0) is 43.5 Å². The Labute approximate surface area is 361 Å². The molecule has 1 saturated heterocycles. The molecule has 11 nitrogen and oxygen atoms in total. The van der Waals surface area contributed by atoms with E-state index in [4.69, 9.17) is 85.5 Å². The molecule has 2 N–H and O–H groups in total. The van der Waals surface area contributed by atoms with Crippen molar-refractivity contribution in [3.05, 3.63) is 60.7 Å². The summed E-state index contributed by atoms with van der Waals surface area (Å²) < 4.78 is 62.6. The number of hydrogen-bond donors (Lipinski definition) is 2. The number of rotatable bonds is 30. The lowest BCUT2D eigenvalue weighted by Gasteiger charge is -2.44. The number of aliphatic hydroxyl groups is 1. The maximum Gasteiger partial charge on any atom is 0.588 e. The molecule has 1 heterocycles. The number of alkyl halides is 4. The normalized spacial score (nSPS) is 20.7. The summed E-state index contributed by atoms with van der Waals surface area (Å²) in [5, 5.41) is 7.39. The minimum absolute atomic E-state index is 0.0980. The second-order valence-corrected chi connectivity index (χ2v) is 18.6. The molecule has 0 aliphatic carbocycles. The molecule has 0 aromatic heterocycles. The topological polar surface area (TPSA) is 131 Å². The van der Waals surface area contributed by atoms with Gasteiger partial charge in [-0.1, -0.05) is 174 Å². The van der Waals surface area contributed by atoms with Crippen molar-refractivity contribution in [2.45, 2.75) is 150 Å². The van der Waals surface area contributed by atoms with Gasteiger partial charge in [0.15, 0.2) is 5.56 Å². The Bertz CT molecular complexity index is 1370. The Balaban J connectivity index is 1.86. The van der Waals surface area contributed by atoms with Crippen molar-refractivity contribution in [2.24, 2.45) is 0 Å². The minimum Gasteiger partial charge on any atom is -0.445 e. The average molecular weight is 904 g/mol. The first kappa shape index (κ1) is 48.2. The summed E-state index contributed by atoms with van der Waals surface area (Å²) in [6.07, 6.45) is 11.9. The molecule has 57 heavy (non-hydrogen) atoms. The van der Waals surface area contributed by atoms with Gasteiger partial charge in [-0.2, -0.15) is 0 Å². The SMILES string of the molecule is [3H]OCC1OC(Cl)[C@@H](NC(=O)OCC(Cl)(Cl)Cl)[C@@H](OCC[C@@H](CCCCCCCCCCC)OCCCCCC)[C@@H]1OP(=O)(Oc1ccccc1)Oc1ccccc1. The van der Waals surface area contributed by atoms with Gasteiger partial charge in [0, 0.05) is 13.2 Å². The number of aliphatic hydroxyl groups excluding tert-OH is 1. The van der Waals surface area contributed by atoms with E-state index in [9.17, 15) is 9.36 Å². The number of nitrogens with one attached hydrogen (secondary N) is 1. The summed E-state index contributed by atoms with van der Waals surface area (Å²) in [5.74, 6) is 0.389. The van der Waals surface area contributed by atoms with Crippen LogP contribution in [0.5, 0.6) is 11.5 Å². The molecule has 324 valence electrons. The first-order valence-corrected chi connectivity index (χ1v) is 23.4. The number of alkyl carbamates (subject to hydrolysis) is 1. The molecular formula is C41H62Cl4NO10P. The first-order chi connectivity index (χ1) is 28.0. The first-order valence-electron chi connectivity index (χ1n) is 20.8. The highest BCUT2D eigenvalue weighted by molar-refractivity contribution is 7.49. The van der Waals surface area contributed by atoms with Crippen molar-refractivity contribution in [1.29, 1.82) is 1.43 Å². The standard InChI is InChI=1S/C41H62Cl4NO10P/c1-3-5-7-9-10-11-12-13-16-22-32(50-28-21-8-6-4-2)27-29-51-38-36(46-40(48)52-31-41(43,44)45)39(42)53-35(30-47)37(38)56-57(49,54-33-23-17-14-18-24-33)55-34-25-19-15-20-26-34/h14-15,17-20,23-26,32,35-39,47H,3-13,16,21-22,27-31H2,1-2H3,(H,46,48)/t32-,35?,36+,37-,38-,39?/m1/s1/i47T. The zero-order valence-electron chi connectivity index (χ0n) is 34.2. The molecule has 0 bridgehead atoms. The monoisotopic (exact) mass is 901 g/mol. The number of phosphoric ester groups is 1. The van der Waals surface area contributed by atoms with Gasteiger partial charge in [-0.3, -0.25) is 4.52 Å². The van der Waals surface area contributed by atoms with E-state index < -0.39 is 54.2 Å². The van der Waals surface area contributed by atoms with Gasteiger partial charge in [0.25, 0.3) is 0 Å². The Morgan fingerprint density at radius 3 is 1.95 bits per heavy atom. The molecular weight excluding hydrogens is 839 g/mol. The molecule has 6 atom stereocenters. The minimum atomic E-state index is -4.59. The van der Waals surface area contributed by atoms with Gasteiger partial charge in [-0.25, -0.2) is 9.36 Å². The quantitative estimate of drug-likeness (QED) is 0.0444. The molecule has 2 aromatic rings. The Morgan fingerprint density at radius 1 is 0.825 bits per heavy atom. The number of hydrogen-bond acceptors (Lipinski definition) is 10. The van der Waals surface area contributed by atoms with E-state index in [2.05, 4.69) is 19.2 Å². The molecule has 0 radical (unpaired) electrons. The second-order valence-electron chi connectivity index (χ2n) is 14.2. The largest absolute Gasteiger partial charge is 0.588 e. The molecule has 1 aliphatic heterocycles. The number of para-hydroxylation sites is 2. The third-order valence-corrected chi connectivity index (χ3v) is 11.4. The van der Waals surface area contributed by atoms with E-state index >= 15 is 0 Å². The number of carbonyl (C=O) groups excluding carboxylic acids is 1. The summed E-state index contributed by atoms with van der Waals surface area (Å²) in [4.78, 5) is 13.1. The summed E-state index contributed by atoms with van der Waals surface area (Å²) in [7, 11) is -4.59. The molecule has 1 fully saturated rings. The molecule has 0 spiro atoms. The van der Waals surface area contributed by atoms with Crippen LogP contribution in [0, 0.1) is 0 Å². The number of amides is 1. The second kappa shape index (κ2) is 28.1. The van der Waals surface area contributed by atoms with Gasteiger partial charge in [0.1, 0.15) is 42.5 Å². The van der Waals surface area contributed by atoms with Crippen LogP contribution in [0.2, 0.25) is 0 Å². The smallest absolute Gasteiger partial charge is 0.445 e. The van der Waals surface area contributed by atoms with Crippen LogP contribution < -0.4 is 14.4 Å². The number of unbranched alkanes of at least 4 members (excludes halogenated alkanes) is 11. The summed E-state index contributed by atoms with van der Waals surface area (Å²) in [6.45, 7) is 4.22. The number of benzene rings is 2. The third kappa shape index (κ3) is 20.5. The van der Waals surface area contributed by atoms with E-state index in [0.717, 1.165) is 44.9 Å². The number of phosphoric acid groups is 1. The third-order valence-electron chi connectivity index (χ3n) is 9.35. The van der Waals surface area contributed by atoms with Crippen molar-refractivity contribution >= 4 is 60.3 Å². The summed E-state index contributed by atoms with van der Waals surface area (Å²) in [6, 6.07) is 15.5. The Kier molecular flexibility index (Phi) is 23.8. The maximum absolute atomic E-state index is 14.7. The molecule has 0 saturated carbocycles. The number of carbonyl (C=O) groups is 1. The van der Waals surface area contributed by atoms with Crippen molar-refractivity contribution < 1.29 is 47.0 Å². The lowest BCUT2D eigenvalue weighted by molar-refractivity contribution is -0.185. The molecule has 2 aromatic carbocycles. The van der Waals surface area contributed by atoms with E-state index in [1.54, 1.807) is 60.7 Å². The van der Waals surface area contributed by atoms with E-state index in [-0.39, 0.29) is 30.8 Å². The van der Waals surface area contributed by atoms with Gasteiger partial charge in [0.2, 0.25) is 5.22 Å². The van der Waals surface area contributed by atoms with E-state index in [0.29, 0.717) is 13.0 Å². The lowest BCUT2D eigenvalue weighted by atomic mass is 9.97. The Hall–Kier alpha value is -1.50. The van der Waals surface area contributed by atoms with Crippen LogP contribution in [0.15, 0.2) is 60.7 Å². The lowest BCUT2D eigenvalue weighted by Crippen LogP contribution is -2.64. The predicted octanol–water partition coefficient (Wildman–Crippen LogP) is 11.7. The van der Waals surface area contributed by atoms with Gasteiger partial charge in [0.05, 0.1) is 12.7 Å². The van der Waals surface area contributed by atoms with Gasteiger partial charge in [-0.15, -0.1) is 0 Å². The fourth-order valence-electron chi connectivity index (χ4n) is 6.37. The fourth-order valence-corrected chi connectivity index (χ4v) is 8.31. The van der Waals surface area contributed by atoms with E-state index in [1.165, 1.54) is 44.9 Å². The highest BCUT2D eigenvalue weighted by Gasteiger charge is 2.52. The average Bonchev–Trinajstić information content (AvgIpc) is 3.19. The molecule has 1 amide bonds. The van der Waals surface area contributed by atoms with Crippen LogP contribution in [-0.2, 0) is 28.0 Å². The zero-order chi connectivity index (χ0) is 42.1. The molecule has 3 rings (SSSR count). The van der Waals surface area contributed by atoms with Crippen molar-refractivity contribution in [1.82, 2.24) is 5.32 Å². The molecule has 2 unspecified atom stereocenters. The van der Waals surface area contributed by atoms with Crippen LogP contribution in [0.4, 0.5) is 4.79 Å². The molecule has 1 aliphatic rings. The predicted molar refractivity (Wildman–Crippen MR) is 227 cm³/mol. The van der Waals surface area contributed by atoms with Crippen molar-refractivity contribution in [3.8, 4) is 11.5 Å². The van der Waals surface area contributed by atoms with Crippen LogP contribution in [0.1, 0.15) is 110 Å². The van der Waals surface area contributed by atoms with Gasteiger partial charge >= 0.3 is 13.9 Å². The highest BCUT2D eigenvalue weighted by Crippen LogP contribution is 2.52. The van der Waals surface area contributed by atoms with Crippen molar-refractivity contribution in [2.75, 3.05) is 26.4 Å². The van der Waals surface area contributed by atoms with Crippen LogP contribution in [0.25, 0.3) is 0 Å².